The van der Waals surface area contributed by atoms with Gasteiger partial charge in [0.1, 0.15) is 0 Å². The van der Waals surface area contributed by atoms with Crippen LogP contribution in [0.1, 0.15) is 13.3 Å². The predicted octanol–water partition coefficient (Wildman–Crippen LogP) is 2.00. The van der Waals surface area contributed by atoms with Crippen LogP contribution in [0.25, 0.3) is 0 Å². The molecule has 0 bridgehead atoms. The fraction of sp³-hybridized carbons (Fsp3) is 0.222. The first kappa shape index (κ1) is 9.69. The van der Waals surface area contributed by atoms with Gasteiger partial charge in [-0.3, -0.25) is 0 Å². The second-order valence-electron chi connectivity index (χ2n) is 2.07. The molecule has 0 aromatic carbocycles. The molecule has 0 aromatic rings. The van der Waals surface area contributed by atoms with E-state index in [4.69, 9.17) is 11.1 Å². The molecular formula is C9H14N2. The van der Waals surface area contributed by atoms with Gasteiger partial charge in [-0.2, -0.15) is 0 Å². The summed E-state index contributed by atoms with van der Waals surface area (Å²) in [4.78, 5) is 0. The highest BCUT2D eigenvalue weighted by Gasteiger charge is 1.89. The number of allylic oxidation sites excluding steroid dienone is 4. The molecule has 0 aliphatic heterocycles. The van der Waals surface area contributed by atoms with Crippen LogP contribution in [0.3, 0.4) is 0 Å². The molecule has 11 heavy (non-hydrogen) atoms. The zero-order chi connectivity index (χ0) is 8.69. The Bertz CT molecular complexity index is 200. The van der Waals surface area contributed by atoms with Gasteiger partial charge in [-0.05, 0) is 12.5 Å². The number of rotatable bonds is 4. The Balaban J connectivity index is 4.51. The van der Waals surface area contributed by atoms with Crippen LogP contribution in [0.15, 0.2) is 36.1 Å². The van der Waals surface area contributed by atoms with Crippen molar-refractivity contribution in [1.29, 1.82) is 5.41 Å². The average Bonchev–Trinajstić information content (AvgIpc) is 2.05. The maximum Gasteiger partial charge on any atom is 0.0396 e. The maximum absolute atomic E-state index is 7.01. The molecule has 2 heteroatoms. The second kappa shape index (κ2) is 5.47. The summed E-state index contributed by atoms with van der Waals surface area (Å²) in [5.74, 6) is 0. The quantitative estimate of drug-likeness (QED) is 0.467. The van der Waals surface area contributed by atoms with E-state index < -0.39 is 0 Å². The average molecular weight is 150 g/mol. The Morgan fingerprint density at radius 2 is 2.27 bits per heavy atom. The van der Waals surface area contributed by atoms with Gasteiger partial charge in [0.25, 0.3) is 0 Å². The molecule has 0 rings (SSSR count). The lowest BCUT2D eigenvalue weighted by Gasteiger charge is -1.95. The molecule has 0 saturated carbocycles. The van der Waals surface area contributed by atoms with Gasteiger partial charge < -0.3 is 11.1 Å². The van der Waals surface area contributed by atoms with Gasteiger partial charge in [0.05, 0.1) is 0 Å². The first-order valence-corrected chi connectivity index (χ1v) is 3.55. The molecule has 0 saturated heterocycles. The van der Waals surface area contributed by atoms with Gasteiger partial charge in [0, 0.05) is 17.5 Å². The van der Waals surface area contributed by atoms with Crippen LogP contribution in [0.2, 0.25) is 0 Å². The first-order valence-electron chi connectivity index (χ1n) is 3.55. The summed E-state index contributed by atoms with van der Waals surface area (Å²) in [5.41, 5.74) is 6.78. The molecule has 0 aromatic heterocycles. The minimum Gasteiger partial charge on any atom is -0.398 e. The van der Waals surface area contributed by atoms with E-state index in [1.54, 1.807) is 6.08 Å². The van der Waals surface area contributed by atoms with E-state index >= 15 is 0 Å². The highest BCUT2D eigenvalue weighted by Crippen LogP contribution is 1.99. The summed E-state index contributed by atoms with van der Waals surface area (Å²) in [6.07, 6.45) is 7.49. The number of hydrogen-bond acceptors (Lipinski definition) is 2. The summed E-state index contributed by atoms with van der Waals surface area (Å²) < 4.78 is 0. The molecule has 0 fully saturated rings. The van der Waals surface area contributed by atoms with Crippen molar-refractivity contribution in [3.8, 4) is 0 Å². The third kappa shape index (κ3) is 3.40. The van der Waals surface area contributed by atoms with Crippen LogP contribution in [-0.4, -0.2) is 6.21 Å². The van der Waals surface area contributed by atoms with Crippen LogP contribution in [0.5, 0.6) is 0 Å². The van der Waals surface area contributed by atoms with Gasteiger partial charge in [-0.1, -0.05) is 25.7 Å². The fourth-order valence-corrected chi connectivity index (χ4v) is 0.590. The van der Waals surface area contributed by atoms with Crippen molar-refractivity contribution in [2.75, 3.05) is 0 Å². The molecular weight excluding hydrogens is 136 g/mol. The number of nitrogens with two attached hydrogens (primary N) is 1. The van der Waals surface area contributed by atoms with Crippen molar-refractivity contribution in [3.63, 3.8) is 0 Å². The second-order valence-corrected chi connectivity index (χ2v) is 2.07. The van der Waals surface area contributed by atoms with Crippen molar-refractivity contribution >= 4 is 6.21 Å². The highest BCUT2D eigenvalue weighted by atomic mass is 14.6. The lowest BCUT2D eigenvalue weighted by atomic mass is 10.2. The van der Waals surface area contributed by atoms with E-state index in [0.29, 0.717) is 11.3 Å². The Labute approximate surface area is 67.6 Å². The van der Waals surface area contributed by atoms with E-state index in [1.807, 2.05) is 19.1 Å². The Morgan fingerprint density at radius 3 is 2.64 bits per heavy atom. The molecule has 0 unspecified atom stereocenters. The summed E-state index contributed by atoms with van der Waals surface area (Å²) in [6.45, 7) is 5.55. The van der Waals surface area contributed by atoms with E-state index in [0.717, 1.165) is 6.42 Å². The molecule has 0 amide bonds. The van der Waals surface area contributed by atoms with Gasteiger partial charge in [0.2, 0.25) is 0 Å². The standard InChI is InChI=1S/C9H14N2/c1-3-5-6-8(7-10)9(11)4-2/h4-7,10H,2-3,11H2,1H3/b6-5-,9-8-,10-7?. The summed E-state index contributed by atoms with van der Waals surface area (Å²) >= 11 is 0. The molecule has 0 heterocycles. The van der Waals surface area contributed by atoms with Crippen molar-refractivity contribution in [2.45, 2.75) is 13.3 Å². The van der Waals surface area contributed by atoms with Crippen molar-refractivity contribution < 1.29 is 0 Å². The predicted molar refractivity (Wildman–Crippen MR) is 49.6 cm³/mol. The van der Waals surface area contributed by atoms with Crippen molar-refractivity contribution in [1.82, 2.24) is 0 Å². The topological polar surface area (TPSA) is 49.9 Å². The van der Waals surface area contributed by atoms with Gasteiger partial charge in [-0.25, -0.2) is 0 Å². The smallest absolute Gasteiger partial charge is 0.0396 e. The number of hydrogen-bond donors (Lipinski definition) is 2. The number of nitrogens with one attached hydrogen (secondary N) is 1. The lowest BCUT2D eigenvalue weighted by Crippen LogP contribution is -1.98. The lowest BCUT2D eigenvalue weighted by molar-refractivity contribution is 1.22. The van der Waals surface area contributed by atoms with Crippen LogP contribution < -0.4 is 5.73 Å². The van der Waals surface area contributed by atoms with E-state index in [2.05, 4.69) is 6.58 Å². The first-order chi connectivity index (χ1) is 5.26. The molecule has 0 aliphatic rings. The van der Waals surface area contributed by atoms with Crippen LogP contribution in [0.4, 0.5) is 0 Å². The molecule has 3 N–H and O–H groups in total. The van der Waals surface area contributed by atoms with Crippen LogP contribution in [0, 0.1) is 5.41 Å². The zero-order valence-electron chi connectivity index (χ0n) is 6.80. The SMILES string of the molecule is C=C/C(N)=C(C=N)\C=C/CC. The maximum atomic E-state index is 7.01. The summed E-state index contributed by atoms with van der Waals surface area (Å²) in [6, 6.07) is 0. The Kier molecular flexibility index (Phi) is 4.82. The molecule has 0 atom stereocenters. The minimum absolute atomic E-state index is 0.546. The monoisotopic (exact) mass is 150 g/mol. The Hall–Kier alpha value is -1.31. The molecule has 0 radical (unpaired) electrons. The molecule has 0 aliphatic carbocycles. The van der Waals surface area contributed by atoms with Crippen LogP contribution in [-0.2, 0) is 0 Å². The van der Waals surface area contributed by atoms with E-state index in [9.17, 15) is 0 Å². The normalized spacial score (nSPS) is 12.8. The van der Waals surface area contributed by atoms with E-state index in [-0.39, 0.29) is 0 Å². The van der Waals surface area contributed by atoms with Gasteiger partial charge in [0.15, 0.2) is 0 Å². The summed E-state index contributed by atoms with van der Waals surface area (Å²) in [5, 5.41) is 7.01. The van der Waals surface area contributed by atoms with Gasteiger partial charge >= 0.3 is 0 Å². The third-order valence-corrected chi connectivity index (χ3v) is 1.24. The van der Waals surface area contributed by atoms with Gasteiger partial charge in [-0.15, -0.1) is 0 Å². The third-order valence-electron chi connectivity index (χ3n) is 1.24. The molecule has 2 nitrogen and oxygen atoms in total. The molecule has 60 valence electrons. The van der Waals surface area contributed by atoms with Crippen LogP contribution >= 0.6 is 0 Å². The van der Waals surface area contributed by atoms with Crippen molar-refractivity contribution in [2.24, 2.45) is 5.73 Å². The minimum atomic E-state index is 0.546. The largest absolute Gasteiger partial charge is 0.398 e. The molecule has 0 spiro atoms. The van der Waals surface area contributed by atoms with Crippen molar-refractivity contribution in [3.05, 3.63) is 36.1 Å². The van der Waals surface area contributed by atoms with E-state index in [1.165, 1.54) is 6.21 Å². The zero-order valence-corrected chi connectivity index (χ0v) is 6.80. The highest BCUT2D eigenvalue weighted by molar-refractivity contribution is 5.81. The summed E-state index contributed by atoms with van der Waals surface area (Å²) in [7, 11) is 0. The fourth-order valence-electron chi connectivity index (χ4n) is 0.590. The Morgan fingerprint density at radius 1 is 1.64 bits per heavy atom.